The van der Waals surface area contributed by atoms with E-state index < -0.39 is 43.3 Å². The van der Waals surface area contributed by atoms with Crippen LogP contribution in [0.5, 0.6) is 0 Å². The van der Waals surface area contributed by atoms with Crippen LogP contribution in [0.3, 0.4) is 0 Å². The first-order valence-electron chi connectivity index (χ1n) is 5.83. The quantitative estimate of drug-likeness (QED) is 0.408. The fourth-order valence-electron chi connectivity index (χ4n) is 1.89. The Balaban J connectivity index is 1.93. The van der Waals surface area contributed by atoms with Gasteiger partial charge in [0.1, 0.15) is 31.0 Å². The Morgan fingerprint density at radius 3 is 2.58 bits per heavy atom. The standard InChI is InChI=1S/C11H16O8/c12-3-6-7(13)8(14)9(15)11(19-6)18-4-5-1-2-17-10(5)16/h1,6-9,11-15H,2-4H2/t6-,7-,8+,9-,11+/m1/s1. The number of cyclic esters (lactones) is 1. The molecule has 1 saturated heterocycles. The molecule has 5 atom stereocenters. The fraction of sp³-hybridized carbons (Fsp3) is 0.727. The minimum Gasteiger partial charge on any atom is -0.458 e. The lowest BCUT2D eigenvalue weighted by Gasteiger charge is -2.39. The van der Waals surface area contributed by atoms with E-state index in [4.69, 9.17) is 14.6 Å². The maximum absolute atomic E-state index is 11.2. The van der Waals surface area contributed by atoms with Gasteiger partial charge in [-0.3, -0.25) is 0 Å². The summed E-state index contributed by atoms with van der Waals surface area (Å²) in [5.41, 5.74) is 0.289. The molecule has 2 rings (SSSR count). The van der Waals surface area contributed by atoms with Crippen LogP contribution in [0, 0.1) is 0 Å². The largest absolute Gasteiger partial charge is 0.458 e. The van der Waals surface area contributed by atoms with Crippen molar-refractivity contribution >= 4 is 5.97 Å². The Kier molecular flexibility index (Phi) is 4.50. The maximum atomic E-state index is 11.2. The van der Waals surface area contributed by atoms with Gasteiger partial charge in [-0.1, -0.05) is 0 Å². The molecule has 108 valence electrons. The number of hydrogen-bond acceptors (Lipinski definition) is 8. The molecule has 4 N–H and O–H groups in total. The molecule has 0 amide bonds. The molecular weight excluding hydrogens is 260 g/mol. The number of carbonyl (C=O) groups is 1. The Morgan fingerprint density at radius 1 is 1.26 bits per heavy atom. The first kappa shape index (κ1) is 14.4. The van der Waals surface area contributed by atoms with Gasteiger partial charge in [-0.25, -0.2) is 4.79 Å². The van der Waals surface area contributed by atoms with E-state index in [0.29, 0.717) is 0 Å². The van der Waals surface area contributed by atoms with Crippen LogP contribution in [-0.2, 0) is 19.0 Å². The van der Waals surface area contributed by atoms with E-state index in [-0.39, 0.29) is 18.8 Å². The number of esters is 1. The van der Waals surface area contributed by atoms with Crippen LogP contribution >= 0.6 is 0 Å². The van der Waals surface area contributed by atoms with Gasteiger partial charge in [0.05, 0.1) is 18.8 Å². The second-order valence-corrected chi connectivity index (χ2v) is 4.34. The van der Waals surface area contributed by atoms with Gasteiger partial charge < -0.3 is 34.6 Å². The number of hydrogen-bond donors (Lipinski definition) is 4. The van der Waals surface area contributed by atoms with Crippen molar-refractivity contribution in [2.45, 2.75) is 30.7 Å². The number of rotatable bonds is 4. The third kappa shape index (κ3) is 2.94. The van der Waals surface area contributed by atoms with Gasteiger partial charge in [0.25, 0.3) is 0 Å². The lowest BCUT2D eigenvalue weighted by atomic mass is 9.99. The second kappa shape index (κ2) is 5.95. The first-order valence-corrected chi connectivity index (χ1v) is 5.83. The fourth-order valence-corrected chi connectivity index (χ4v) is 1.89. The van der Waals surface area contributed by atoms with Crippen molar-refractivity contribution in [3.05, 3.63) is 11.6 Å². The summed E-state index contributed by atoms with van der Waals surface area (Å²) < 4.78 is 15.0. The molecule has 0 bridgehead atoms. The van der Waals surface area contributed by atoms with E-state index in [0.717, 1.165) is 0 Å². The molecule has 0 unspecified atom stereocenters. The van der Waals surface area contributed by atoms with Crippen LogP contribution in [0.15, 0.2) is 11.6 Å². The summed E-state index contributed by atoms with van der Waals surface area (Å²) in [4.78, 5) is 11.2. The van der Waals surface area contributed by atoms with Crippen LogP contribution in [0.2, 0.25) is 0 Å². The smallest absolute Gasteiger partial charge is 0.336 e. The van der Waals surface area contributed by atoms with E-state index >= 15 is 0 Å². The van der Waals surface area contributed by atoms with E-state index in [2.05, 4.69) is 4.74 Å². The van der Waals surface area contributed by atoms with Gasteiger partial charge in [0.2, 0.25) is 0 Å². The topological polar surface area (TPSA) is 126 Å². The van der Waals surface area contributed by atoms with Gasteiger partial charge in [-0.05, 0) is 6.08 Å². The highest BCUT2D eigenvalue weighted by Crippen LogP contribution is 2.22. The zero-order chi connectivity index (χ0) is 14.0. The highest BCUT2D eigenvalue weighted by Gasteiger charge is 2.44. The maximum Gasteiger partial charge on any atom is 0.336 e. The molecular formula is C11H16O8. The minimum atomic E-state index is -1.50. The third-order valence-electron chi connectivity index (χ3n) is 3.06. The summed E-state index contributed by atoms with van der Waals surface area (Å²) >= 11 is 0. The predicted molar refractivity (Wildman–Crippen MR) is 58.8 cm³/mol. The van der Waals surface area contributed by atoms with Crippen molar-refractivity contribution < 1.29 is 39.4 Å². The number of aliphatic hydroxyl groups is 4. The summed E-state index contributed by atoms with van der Waals surface area (Å²) in [6.07, 6.45) is -5.16. The lowest BCUT2D eigenvalue weighted by molar-refractivity contribution is -0.298. The van der Waals surface area contributed by atoms with Crippen molar-refractivity contribution in [1.29, 1.82) is 0 Å². The molecule has 2 aliphatic rings. The van der Waals surface area contributed by atoms with E-state index in [9.17, 15) is 20.1 Å². The zero-order valence-electron chi connectivity index (χ0n) is 10.0. The van der Waals surface area contributed by atoms with Crippen molar-refractivity contribution in [2.24, 2.45) is 0 Å². The number of aliphatic hydroxyl groups excluding tert-OH is 4. The molecule has 0 saturated carbocycles. The van der Waals surface area contributed by atoms with Gasteiger partial charge in [0, 0.05) is 0 Å². The second-order valence-electron chi connectivity index (χ2n) is 4.34. The average Bonchev–Trinajstić information content (AvgIpc) is 2.81. The third-order valence-corrected chi connectivity index (χ3v) is 3.06. The molecule has 0 aromatic rings. The summed E-state index contributed by atoms with van der Waals surface area (Å²) in [5.74, 6) is -0.510. The van der Waals surface area contributed by atoms with Crippen LogP contribution in [-0.4, -0.2) is 76.9 Å². The summed E-state index contributed by atoms with van der Waals surface area (Å²) in [6, 6.07) is 0. The van der Waals surface area contributed by atoms with Crippen molar-refractivity contribution in [2.75, 3.05) is 19.8 Å². The number of ether oxygens (including phenoxy) is 3. The molecule has 0 radical (unpaired) electrons. The van der Waals surface area contributed by atoms with E-state index in [1.54, 1.807) is 0 Å². The van der Waals surface area contributed by atoms with Crippen molar-refractivity contribution in [1.82, 2.24) is 0 Å². The molecule has 0 aliphatic carbocycles. The SMILES string of the molecule is O=C1OCC=C1CO[C@H]1O[C@H](CO)[C@@H](O)[C@H](O)[C@H]1O. The Bertz CT molecular complexity index is 366. The molecule has 1 fully saturated rings. The van der Waals surface area contributed by atoms with Gasteiger partial charge >= 0.3 is 5.97 Å². The van der Waals surface area contributed by atoms with Crippen LogP contribution in [0.1, 0.15) is 0 Å². The van der Waals surface area contributed by atoms with Gasteiger partial charge in [-0.15, -0.1) is 0 Å². The zero-order valence-corrected chi connectivity index (χ0v) is 10.0. The molecule has 2 aliphatic heterocycles. The highest BCUT2D eigenvalue weighted by molar-refractivity contribution is 5.90. The summed E-state index contributed by atoms with van der Waals surface area (Å²) in [5, 5.41) is 37.8. The molecule has 0 aromatic heterocycles. The number of carbonyl (C=O) groups excluding carboxylic acids is 1. The van der Waals surface area contributed by atoms with Crippen molar-refractivity contribution in [3.8, 4) is 0 Å². The van der Waals surface area contributed by atoms with E-state index in [1.165, 1.54) is 6.08 Å². The van der Waals surface area contributed by atoms with Crippen LogP contribution in [0.25, 0.3) is 0 Å². The lowest BCUT2D eigenvalue weighted by Crippen LogP contribution is -2.59. The van der Waals surface area contributed by atoms with Gasteiger partial charge in [-0.2, -0.15) is 0 Å². The molecule has 0 aromatic carbocycles. The Hall–Kier alpha value is -1.03. The average molecular weight is 276 g/mol. The van der Waals surface area contributed by atoms with Crippen LogP contribution < -0.4 is 0 Å². The normalized spacial score (nSPS) is 39.1. The monoisotopic (exact) mass is 276 g/mol. The molecule has 0 spiro atoms. The Labute approximate surface area is 108 Å². The van der Waals surface area contributed by atoms with Crippen LogP contribution in [0.4, 0.5) is 0 Å². The first-order chi connectivity index (χ1) is 9.04. The minimum absolute atomic E-state index is 0.151. The highest BCUT2D eigenvalue weighted by atomic mass is 16.7. The van der Waals surface area contributed by atoms with E-state index in [1.807, 2.05) is 0 Å². The summed E-state index contributed by atoms with van der Waals surface area (Å²) in [6.45, 7) is -0.511. The molecule has 19 heavy (non-hydrogen) atoms. The summed E-state index contributed by atoms with van der Waals surface area (Å²) in [7, 11) is 0. The molecule has 8 nitrogen and oxygen atoms in total. The van der Waals surface area contributed by atoms with Gasteiger partial charge in [0.15, 0.2) is 6.29 Å². The van der Waals surface area contributed by atoms with Crippen molar-refractivity contribution in [3.63, 3.8) is 0 Å². The molecule has 2 heterocycles. The Morgan fingerprint density at radius 2 is 2.00 bits per heavy atom. The predicted octanol–water partition coefficient (Wildman–Crippen LogP) is -2.71. The molecule has 8 heteroatoms.